The van der Waals surface area contributed by atoms with Gasteiger partial charge in [0, 0.05) is 12.8 Å². The van der Waals surface area contributed by atoms with E-state index in [1.165, 1.54) is 0 Å². The molecule has 0 bridgehead atoms. The molecule has 1 aliphatic heterocycles. The van der Waals surface area contributed by atoms with Crippen molar-refractivity contribution in [3.05, 3.63) is 12.2 Å². The molecule has 1 saturated heterocycles. The molecule has 1 heterocycles. The first-order valence-corrected chi connectivity index (χ1v) is 10.6. The monoisotopic (exact) mass is 328 g/mol. The Morgan fingerprint density at radius 2 is 2.05 bits per heavy atom. The first-order valence-electron chi connectivity index (χ1n) is 7.67. The molecule has 1 rings (SSSR count). The summed E-state index contributed by atoms with van der Waals surface area (Å²) >= 11 is 0. The van der Waals surface area contributed by atoms with Crippen LogP contribution >= 0.6 is 0 Å². The van der Waals surface area contributed by atoms with Crippen molar-refractivity contribution in [1.29, 1.82) is 0 Å². The summed E-state index contributed by atoms with van der Waals surface area (Å²) in [5.41, 5.74) is 0.738. The van der Waals surface area contributed by atoms with E-state index < -0.39 is 26.8 Å². The molecule has 0 spiro atoms. The summed E-state index contributed by atoms with van der Waals surface area (Å²) < 4.78 is 17.0. The number of carbonyl (C=O) groups is 2. The zero-order valence-corrected chi connectivity index (χ0v) is 15.5. The third-order valence-corrected chi connectivity index (χ3v) is 8.81. The Morgan fingerprint density at radius 1 is 1.45 bits per heavy atom. The highest BCUT2D eigenvalue weighted by Gasteiger charge is 2.44. The summed E-state index contributed by atoms with van der Waals surface area (Å²) in [5, 5.41) is 0.0201. The van der Waals surface area contributed by atoms with Gasteiger partial charge in [0.2, 0.25) is 6.29 Å². The number of esters is 1. The number of hydrogen-bond donors (Lipinski definition) is 0. The minimum atomic E-state index is -2.06. The van der Waals surface area contributed by atoms with Crippen LogP contribution in [0.1, 0.15) is 40.5 Å². The number of rotatable bonds is 5. The molecule has 0 aromatic rings. The fraction of sp³-hybridized carbons (Fsp3) is 0.750. The van der Waals surface area contributed by atoms with Crippen molar-refractivity contribution in [1.82, 2.24) is 0 Å². The van der Waals surface area contributed by atoms with Crippen molar-refractivity contribution in [3.8, 4) is 0 Å². The van der Waals surface area contributed by atoms with Crippen LogP contribution in [0.4, 0.5) is 0 Å². The SMILES string of the molecule is C=C1C[C@H](OC(=O)CC)O[C@H](C=O)[C@H]1O[Si](C)(C)C(C)(C)C. The molecular weight excluding hydrogens is 300 g/mol. The lowest BCUT2D eigenvalue weighted by Crippen LogP contribution is -2.52. The third kappa shape index (κ3) is 4.51. The smallest absolute Gasteiger partial charge is 0.307 e. The first-order chi connectivity index (χ1) is 10.0. The molecule has 22 heavy (non-hydrogen) atoms. The fourth-order valence-corrected chi connectivity index (χ4v) is 3.19. The third-order valence-electron chi connectivity index (χ3n) is 4.35. The van der Waals surface area contributed by atoms with Crippen molar-refractivity contribution in [3.63, 3.8) is 0 Å². The normalized spacial score (nSPS) is 26.6. The van der Waals surface area contributed by atoms with Crippen LogP contribution in [-0.4, -0.2) is 39.1 Å². The molecule has 3 atom stereocenters. The highest BCUT2D eigenvalue weighted by atomic mass is 28.4. The van der Waals surface area contributed by atoms with Crippen LogP contribution in [0.15, 0.2) is 12.2 Å². The van der Waals surface area contributed by atoms with Crippen molar-refractivity contribution in [2.75, 3.05) is 0 Å². The van der Waals surface area contributed by atoms with Crippen LogP contribution < -0.4 is 0 Å². The van der Waals surface area contributed by atoms with E-state index >= 15 is 0 Å². The van der Waals surface area contributed by atoms with E-state index in [9.17, 15) is 9.59 Å². The second-order valence-corrected chi connectivity index (χ2v) is 11.9. The van der Waals surface area contributed by atoms with Gasteiger partial charge >= 0.3 is 5.97 Å². The Kier molecular flexibility index (Phi) is 6.12. The van der Waals surface area contributed by atoms with Gasteiger partial charge < -0.3 is 18.7 Å². The Bertz CT molecular complexity index is 438. The van der Waals surface area contributed by atoms with E-state index in [2.05, 4.69) is 40.4 Å². The van der Waals surface area contributed by atoms with Crippen LogP contribution in [0.25, 0.3) is 0 Å². The van der Waals surface area contributed by atoms with Gasteiger partial charge in [-0.25, -0.2) is 0 Å². The summed E-state index contributed by atoms with van der Waals surface area (Å²) in [5.74, 6) is -0.355. The van der Waals surface area contributed by atoms with Crippen molar-refractivity contribution in [2.45, 2.75) is 77.2 Å². The second kappa shape index (κ2) is 7.06. The molecular formula is C16H28O5Si. The van der Waals surface area contributed by atoms with E-state index in [1.807, 2.05) is 0 Å². The van der Waals surface area contributed by atoms with Crippen LogP contribution in [0, 0.1) is 0 Å². The molecule has 0 saturated carbocycles. The van der Waals surface area contributed by atoms with Crippen LogP contribution in [0.2, 0.25) is 18.1 Å². The molecule has 5 nitrogen and oxygen atoms in total. The lowest BCUT2D eigenvalue weighted by Gasteiger charge is -2.43. The zero-order valence-electron chi connectivity index (χ0n) is 14.5. The van der Waals surface area contributed by atoms with Gasteiger partial charge in [-0.15, -0.1) is 0 Å². The molecule has 0 aromatic heterocycles. The predicted octanol–water partition coefficient (Wildman–Crippen LogP) is 3.20. The lowest BCUT2D eigenvalue weighted by molar-refractivity contribution is -0.205. The van der Waals surface area contributed by atoms with Gasteiger partial charge in [0.05, 0.1) is 6.10 Å². The van der Waals surface area contributed by atoms with Gasteiger partial charge in [-0.3, -0.25) is 4.79 Å². The van der Waals surface area contributed by atoms with Crippen molar-refractivity contribution in [2.24, 2.45) is 0 Å². The summed E-state index contributed by atoms with van der Waals surface area (Å²) in [6.07, 6.45) is -0.693. The summed E-state index contributed by atoms with van der Waals surface area (Å²) in [4.78, 5) is 22.8. The highest BCUT2D eigenvalue weighted by Crippen LogP contribution is 2.40. The van der Waals surface area contributed by atoms with Gasteiger partial charge in [-0.2, -0.15) is 0 Å². The van der Waals surface area contributed by atoms with Gasteiger partial charge in [-0.1, -0.05) is 34.3 Å². The Balaban J connectivity index is 2.84. The highest BCUT2D eigenvalue weighted by molar-refractivity contribution is 6.74. The maximum Gasteiger partial charge on any atom is 0.307 e. The van der Waals surface area contributed by atoms with E-state index in [-0.39, 0.29) is 17.4 Å². The average molecular weight is 328 g/mol. The summed E-state index contributed by atoms with van der Waals surface area (Å²) in [7, 11) is -2.06. The second-order valence-electron chi connectivity index (χ2n) is 7.17. The molecule has 6 heteroatoms. The molecule has 0 amide bonds. The minimum absolute atomic E-state index is 0.0201. The van der Waals surface area contributed by atoms with Gasteiger partial charge in [0.1, 0.15) is 6.10 Å². The number of aldehydes is 1. The zero-order chi connectivity index (χ0) is 17.1. The van der Waals surface area contributed by atoms with Crippen molar-refractivity contribution >= 4 is 20.6 Å². The van der Waals surface area contributed by atoms with Gasteiger partial charge in [0.15, 0.2) is 14.6 Å². The van der Waals surface area contributed by atoms with E-state index in [4.69, 9.17) is 13.9 Å². The number of hydrogen-bond acceptors (Lipinski definition) is 5. The maximum atomic E-state index is 11.4. The van der Waals surface area contributed by atoms with E-state index in [0.29, 0.717) is 12.7 Å². The Labute approximate surface area is 134 Å². The van der Waals surface area contributed by atoms with E-state index in [0.717, 1.165) is 5.57 Å². The molecule has 126 valence electrons. The van der Waals surface area contributed by atoms with Crippen LogP contribution in [0.3, 0.4) is 0 Å². The van der Waals surface area contributed by atoms with Crippen LogP contribution in [0.5, 0.6) is 0 Å². The molecule has 0 radical (unpaired) electrons. The Morgan fingerprint density at radius 3 is 2.50 bits per heavy atom. The molecule has 1 fully saturated rings. The lowest BCUT2D eigenvalue weighted by atomic mass is 10.0. The van der Waals surface area contributed by atoms with Crippen LogP contribution in [-0.2, 0) is 23.5 Å². The summed E-state index contributed by atoms with van der Waals surface area (Å²) in [6.45, 7) is 16.3. The van der Waals surface area contributed by atoms with Crippen molar-refractivity contribution < 1.29 is 23.5 Å². The first kappa shape index (κ1) is 19.1. The molecule has 0 N–H and O–H groups in total. The number of carbonyl (C=O) groups excluding carboxylic acids is 2. The van der Waals surface area contributed by atoms with E-state index in [1.54, 1.807) is 6.92 Å². The standard InChI is InChI=1S/C16H28O5Si/c1-8-13(18)20-14-9-11(2)15(12(10-17)19-14)21-22(6,7)16(3,4)5/h10,12,14-15H,2,8-9H2,1,3-7H3/t12-,14+,15+/m1/s1. The molecule has 0 aliphatic carbocycles. The fourth-order valence-electron chi connectivity index (χ4n) is 1.90. The molecule has 0 unspecified atom stereocenters. The summed E-state index contributed by atoms with van der Waals surface area (Å²) in [6, 6.07) is 0. The maximum absolute atomic E-state index is 11.4. The topological polar surface area (TPSA) is 61.8 Å². The van der Waals surface area contributed by atoms with Gasteiger partial charge in [0.25, 0.3) is 0 Å². The number of ether oxygens (including phenoxy) is 2. The minimum Gasteiger partial charge on any atom is -0.435 e. The molecule has 1 aliphatic rings. The van der Waals surface area contributed by atoms with Gasteiger partial charge in [-0.05, 0) is 23.7 Å². The Hall–Kier alpha value is -0.983. The largest absolute Gasteiger partial charge is 0.435 e. The average Bonchev–Trinajstić information content (AvgIpc) is 2.39. The quantitative estimate of drug-likeness (QED) is 0.336. The predicted molar refractivity (Wildman–Crippen MR) is 86.9 cm³/mol. The molecule has 0 aromatic carbocycles.